The zero-order chi connectivity index (χ0) is 14.2. The highest BCUT2D eigenvalue weighted by molar-refractivity contribution is 5.38. The van der Waals surface area contributed by atoms with E-state index in [2.05, 4.69) is 23.7 Å². The van der Waals surface area contributed by atoms with E-state index in [-0.39, 0.29) is 0 Å². The van der Waals surface area contributed by atoms with Crippen molar-refractivity contribution < 1.29 is 4.74 Å². The molecule has 0 amide bonds. The third-order valence-corrected chi connectivity index (χ3v) is 3.61. The van der Waals surface area contributed by atoms with Crippen LogP contribution in [0.25, 0.3) is 0 Å². The summed E-state index contributed by atoms with van der Waals surface area (Å²) in [6, 6.07) is 7.89. The summed E-state index contributed by atoms with van der Waals surface area (Å²) in [6.45, 7) is 6.90. The molecule has 2 rings (SSSR count). The van der Waals surface area contributed by atoms with Crippen LogP contribution in [0.4, 0.5) is 0 Å². The Morgan fingerprint density at radius 3 is 2.85 bits per heavy atom. The molecular weight excluding hydrogens is 248 g/mol. The monoisotopic (exact) mass is 272 g/mol. The lowest BCUT2D eigenvalue weighted by atomic mass is 10.0. The molecule has 1 aromatic rings. The zero-order valence-corrected chi connectivity index (χ0v) is 12.3. The van der Waals surface area contributed by atoms with Gasteiger partial charge in [-0.05, 0) is 49.6 Å². The molecule has 1 saturated heterocycles. The van der Waals surface area contributed by atoms with E-state index in [1.165, 1.54) is 25.9 Å². The van der Waals surface area contributed by atoms with Crippen LogP contribution in [0.1, 0.15) is 25.3 Å². The van der Waals surface area contributed by atoms with E-state index in [4.69, 9.17) is 10.5 Å². The summed E-state index contributed by atoms with van der Waals surface area (Å²) in [5.74, 6) is 7.58. The number of piperidine rings is 1. The SMILES string of the molecule is CC1CCCN(CCOc2ccc(C#CCN)cc2)C1. The van der Waals surface area contributed by atoms with E-state index >= 15 is 0 Å². The Morgan fingerprint density at radius 1 is 1.35 bits per heavy atom. The lowest BCUT2D eigenvalue weighted by Gasteiger charge is -2.30. The number of rotatable bonds is 4. The normalized spacial score (nSPS) is 19.2. The van der Waals surface area contributed by atoms with Gasteiger partial charge in [-0.15, -0.1) is 0 Å². The Kier molecular flexibility index (Phi) is 5.91. The molecule has 1 unspecified atom stereocenters. The second kappa shape index (κ2) is 7.94. The van der Waals surface area contributed by atoms with E-state index in [0.717, 1.165) is 30.4 Å². The zero-order valence-electron chi connectivity index (χ0n) is 12.3. The van der Waals surface area contributed by atoms with Gasteiger partial charge in [-0.3, -0.25) is 4.90 Å². The number of nitrogens with two attached hydrogens (primary N) is 1. The Labute approximate surface area is 122 Å². The molecule has 0 radical (unpaired) electrons. The first kappa shape index (κ1) is 14.9. The molecule has 1 aliphatic heterocycles. The topological polar surface area (TPSA) is 38.5 Å². The average Bonchev–Trinajstić information content (AvgIpc) is 2.46. The molecule has 0 spiro atoms. The molecule has 108 valence electrons. The Balaban J connectivity index is 1.73. The highest BCUT2D eigenvalue weighted by Crippen LogP contribution is 2.15. The van der Waals surface area contributed by atoms with Gasteiger partial charge in [0.15, 0.2) is 0 Å². The smallest absolute Gasteiger partial charge is 0.119 e. The molecule has 20 heavy (non-hydrogen) atoms. The minimum Gasteiger partial charge on any atom is -0.492 e. The molecular formula is C17H24N2O. The average molecular weight is 272 g/mol. The second-order valence-electron chi connectivity index (χ2n) is 5.43. The van der Waals surface area contributed by atoms with Gasteiger partial charge < -0.3 is 10.5 Å². The van der Waals surface area contributed by atoms with Gasteiger partial charge in [0.05, 0.1) is 6.54 Å². The van der Waals surface area contributed by atoms with E-state index in [9.17, 15) is 0 Å². The van der Waals surface area contributed by atoms with Gasteiger partial charge >= 0.3 is 0 Å². The maximum atomic E-state index is 5.79. The molecule has 3 heteroatoms. The Hall–Kier alpha value is -1.50. The lowest BCUT2D eigenvalue weighted by molar-refractivity contribution is 0.153. The number of likely N-dealkylation sites (tertiary alicyclic amines) is 1. The third kappa shape index (κ3) is 4.88. The first-order valence-electron chi connectivity index (χ1n) is 7.42. The van der Waals surface area contributed by atoms with Gasteiger partial charge in [0.25, 0.3) is 0 Å². The largest absolute Gasteiger partial charge is 0.492 e. The van der Waals surface area contributed by atoms with Crippen molar-refractivity contribution in [2.45, 2.75) is 19.8 Å². The first-order chi connectivity index (χ1) is 9.78. The summed E-state index contributed by atoms with van der Waals surface area (Å²) in [5.41, 5.74) is 6.33. The summed E-state index contributed by atoms with van der Waals surface area (Å²) in [6.07, 6.45) is 2.68. The van der Waals surface area contributed by atoms with Crippen molar-refractivity contribution in [2.75, 3.05) is 32.8 Å². The van der Waals surface area contributed by atoms with Crippen LogP contribution >= 0.6 is 0 Å². The molecule has 1 atom stereocenters. The van der Waals surface area contributed by atoms with E-state index in [1.807, 2.05) is 24.3 Å². The van der Waals surface area contributed by atoms with Crippen LogP contribution in [0.15, 0.2) is 24.3 Å². The molecule has 0 aliphatic carbocycles. The summed E-state index contributed by atoms with van der Waals surface area (Å²) >= 11 is 0. The number of ether oxygens (including phenoxy) is 1. The van der Waals surface area contributed by atoms with Crippen molar-refractivity contribution >= 4 is 0 Å². The minimum absolute atomic E-state index is 0.395. The van der Waals surface area contributed by atoms with Gasteiger partial charge in [-0.25, -0.2) is 0 Å². The minimum atomic E-state index is 0.395. The Morgan fingerprint density at radius 2 is 2.15 bits per heavy atom. The van der Waals surface area contributed by atoms with Crippen molar-refractivity contribution in [3.63, 3.8) is 0 Å². The van der Waals surface area contributed by atoms with Crippen molar-refractivity contribution in [1.29, 1.82) is 0 Å². The molecule has 1 fully saturated rings. The van der Waals surface area contributed by atoms with Gasteiger partial charge in [0.2, 0.25) is 0 Å². The highest BCUT2D eigenvalue weighted by Gasteiger charge is 2.15. The van der Waals surface area contributed by atoms with Crippen molar-refractivity contribution in [3.8, 4) is 17.6 Å². The molecule has 2 N–H and O–H groups in total. The van der Waals surface area contributed by atoms with Crippen molar-refractivity contribution in [3.05, 3.63) is 29.8 Å². The van der Waals surface area contributed by atoms with Gasteiger partial charge in [-0.1, -0.05) is 18.8 Å². The molecule has 0 aromatic heterocycles. The maximum absolute atomic E-state index is 5.79. The van der Waals surface area contributed by atoms with Gasteiger partial charge in [0, 0.05) is 18.7 Å². The standard InChI is InChI=1S/C17H24N2O/c1-15-4-3-11-19(14-15)12-13-20-17-8-6-16(7-9-17)5-2-10-18/h6-9,15H,3-4,10-14,18H2,1H3. The van der Waals surface area contributed by atoms with Crippen LogP contribution in [0.3, 0.4) is 0 Å². The van der Waals surface area contributed by atoms with Crippen molar-refractivity contribution in [1.82, 2.24) is 4.90 Å². The molecule has 1 aliphatic rings. The fourth-order valence-corrected chi connectivity index (χ4v) is 2.57. The fraction of sp³-hybridized carbons (Fsp3) is 0.529. The van der Waals surface area contributed by atoms with Crippen LogP contribution < -0.4 is 10.5 Å². The molecule has 3 nitrogen and oxygen atoms in total. The number of hydrogen-bond donors (Lipinski definition) is 1. The second-order valence-corrected chi connectivity index (χ2v) is 5.43. The summed E-state index contributed by atoms with van der Waals surface area (Å²) in [7, 11) is 0. The first-order valence-corrected chi connectivity index (χ1v) is 7.42. The van der Waals surface area contributed by atoms with Gasteiger partial charge in [0.1, 0.15) is 12.4 Å². The van der Waals surface area contributed by atoms with Crippen LogP contribution in [-0.4, -0.2) is 37.7 Å². The fourth-order valence-electron chi connectivity index (χ4n) is 2.57. The molecule has 0 bridgehead atoms. The number of benzene rings is 1. The van der Waals surface area contributed by atoms with Crippen molar-refractivity contribution in [2.24, 2.45) is 11.7 Å². The quantitative estimate of drug-likeness (QED) is 0.853. The third-order valence-electron chi connectivity index (χ3n) is 3.61. The van der Waals surface area contributed by atoms with Crippen LogP contribution in [0.2, 0.25) is 0 Å². The lowest BCUT2D eigenvalue weighted by Crippen LogP contribution is -2.37. The Bertz CT molecular complexity index is 458. The number of hydrogen-bond acceptors (Lipinski definition) is 3. The molecule has 1 aromatic carbocycles. The number of nitrogens with zero attached hydrogens (tertiary/aromatic N) is 1. The summed E-state index contributed by atoms with van der Waals surface area (Å²) in [4.78, 5) is 2.50. The van der Waals surface area contributed by atoms with E-state index < -0.39 is 0 Å². The van der Waals surface area contributed by atoms with Crippen LogP contribution in [0, 0.1) is 17.8 Å². The van der Waals surface area contributed by atoms with Crippen LogP contribution in [-0.2, 0) is 0 Å². The molecule has 0 saturated carbocycles. The predicted octanol–water partition coefficient (Wildman–Crippen LogP) is 2.11. The maximum Gasteiger partial charge on any atom is 0.119 e. The van der Waals surface area contributed by atoms with E-state index in [1.54, 1.807) is 0 Å². The molecule has 1 heterocycles. The highest BCUT2D eigenvalue weighted by atomic mass is 16.5. The van der Waals surface area contributed by atoms with Crippen LogP contribution in [0.5, 0.6) is 5.75 Å². The predicted molar refractivity (Wildman–Crippen MR) is 82.7 cm³/mol. The summed E-state index contributed by atoms with van der Waals surface area (Å²) < 4.78 is 5.79. The summed E-state index contributed by atoms with van der Waals surface area (Å²) in [5, 5.41) is 0. The van der Waals surface area contributed by atoms with E-state index in [0.29, 0.717) is 6.54 Å². The van der Waals surface area contributed by atoms with Gasteiger partial charge in [-0.2, -0.15) is 0 Å².